The summed E-state index contributed by atoms with van der Waals surface area (Å²) in [5.74, 6) is 0.114. The Balaban J connectivity index is 2.07. The van der Waals surface area contributed by atoms with Crippen molar-refractivity contribution in [1.29, 1.82) is 0 Å². The van der Waals surface area contributed by atoms with Crippen LogP contribution in [0.5, 0.6) is 0 Å². The maximum absolute atomic E-state index is 8.63. The van der Waals surface area contributed by atoms with E-state index in [2.05, 4.69) is 22.1 Å². The second-order valence-corrected chi connectivity index (χ2v) is 4.59. The number of rotatable bonds is 5. The highest BCUT2D eigenvalue weighted by molar-refractivity contribution is 5.97. The zero-order valence-electron chi connectivity index (χ0n) is 11.7. The van der Waals surface area contributed by atoms with E-state index in [-0.39, 0.29) is 5.84 Å². The van der Waals surface area contributed by atoms with Gasteiger partial charge in [0.05, 0.1) is 6.20 Å². The lowest BCUT2D eigenvalue weighted by Gasteiger charge is -2.18. The first-order valence-corrected chi connectivity index (χ1v) is 6.44. The molecule has 0 aliphatic rings. The van der Waals surface area contributed by atoms with Crippen LogP contribution in [0.25, 0.3) is 0 Å². The molecule has 0 saturated carbocycles. The van der Waals surface area contributed by atoms with Gasteiger partial charge in [0.15, 0.2) is 5.84 Å². The number of anilines is 1. The molecule has 3 N–H and O–H groups in total. The molecule has 0 spiro atoms. The van der Waals surface area contributed by atoms with Gasteiger partial charge >= 0.3 is 0 Å². The van der Waals surface area contributed by atoms with Crippen LogP contribution in [0.15, 0.2) is 41.8 Å². The van der Waals surface area contributed by atoms with Gasteiger partial charge in [0.25, 0.3) is 0 Å². The Labute approximate surface area is 118 Å². The van der Waals surface area contributed by atoms with Crippen molar-refractivity contribution >= 4 is 11.5 Å². The summed E-state index contributed by atoms with van der Waals surface area (Å²) in [6.07, 6.45) is 3.92. The molecule has 0 radical (unpaired) electrons. The summed E-state index contributed by atoms with van der Waals surface area (Å²) in [7, 11) is 2.02. The third-order valence-corrected chi connectivity index (χ3v) is 3.14. The lowest BCUT2D eigenvalue weighted by atomic mass is 10.2. The number of aryl methyl sites for hydroxylation is 1. The minimum atomic E-state index is 0.114. The molecule has 2 aromatic rings. The Bertz CT molecular complexity index is 588. The smallest absolute Gasteiger partial charge is 0.170 e. The molecule has 0 aliphatic carbocycles. The van der Waals surface area contributed by atoms with Crippen LogP contribution in [0, 0.1) is 0 Å². The van der Waals surface area contributed by atoms with Gasteiger partial charge in [-0.05, 0) is 31.2 Å². The fourth-order valence-electron chi connectivity index (χ4n) is 1.97. The predicted octanol–water partition coefficient (Wildman–Crippen LogP) is 1.63. The van der Waals surface area contributed by atoms with Crippen LogP contribution >= 0.6 is 0 Å². The zero-order chi connectivity index (χ0) is 14.5. The van der Waals surface area contributed by atoms with Crippen molar-refractivity contribution in [3.63, 3.8) is 0 Å². The normalized spacial score (nSPS) is 11.6. The third-order valence-electron chi connectivity index (χ3n) is 3.14. The molecule has 106 valence electrons. The maximum atomic E-state index is 8.63. The number of benzene rings is 1. The highest BCUT2D eigenvalue weighted by Crippen LogP contribution is 2.16. The average molecular weight is 273 g/mol. The van der Waals surface area contributed by atoms with Gasteiger partial charge in [-0.2, -0.15) is 5.10 Å². The fourth-order valence-corrected chi connectivity index (χ4v) is 1.97. The lowest BCUT2D eigenvalue weighted by Crippen LogP contribution is -2.17. The summed E-state index contributed by atoms with van der Waals surface area (Å²) in [6, 6.07) is 7.54. The first kappa shape index (κ1) is 13.9. The molecule has 1 aromatic heterocycles. The van der Waals surface area contributed by atoms with Crippen LogP contribution in [-0.4, -0.2) is 27.9 Å². The molecule has 1 heterocycles. The van der Waals surface area contributed by atoms with E-state index in [1.807, 2.05) is 48.4 Å². The first-order chi connectivity index (χ1) is 9.63. The van der Waals surface area contributed by atoms with E-state index in [4.69, 9.17) is 10.9 Å². The van der Waals surface area contributed by atoms with Crippen molar-refractivity contribution in [2.45, 2.75) is 20.0 Å². The Morgan fingerprint density at radius 3 is 2.65 bits per heavy atom. The van der Waals surface area contributed by atoms with Crippen LogP contribution in [-0.2, 0) is 13.1 Å². The summed E-state index contributed by atoms with van der Waals surface area (Å²) in [5, 5.41) is 15.9. The highest BCUT2D eigenvalue weighted by Gasteiger charge is 2.05. The van der Waals surface area contributed by atoms with Crippen LogP contribution in [0.4, 0.5) is 5.69 Å². The fraction of sp³-hybridized carbons (Fsp3) is 0.286. The van der Waals surface area contributed by atoms with Crippen molar-refractivity contribution in [3.05, 3.63) is 47.8 Å². The topological polar surface area (TPSA) is 79.7 Å². The molecular formula is C14H19N5O. The predicted molar refractivity (Wildman–Crippen MR) is 79.0 cm³/mol. The van der Waals surface area contributed by atoms with Crippen LogP contribution in [0.1, 0.15) is 18.1 Å². The molecule has 0 atom stereocenters. The Morgan fingerprint density at radius 2 is 2.10 bits per heavy atom. The lowest BCUT2D eigenvalue weighted by molar-refractivity contribution is 0.318. The van der Waals surface area contributed by atoms with Crippen LogP contribution in [0.3, 0.4) is 0 Å². The number of oxime groups is 1. The van der Waals surface area contributed by atoms with E-state index in [0.29, 0.717) is 5.56 Å². The summed E-state index contributed by atoms with van der Waals surface area (Å²) in [5.41, 5.74) is 8.46. The van der Waals surface area contributed by atoms with Gasteiger partial charge in [-0.3, -0.25) is 4.68 Å². The molecule has 20 heavy (non-hydrogen) atoms. The van der Waals surface area contributed by atoms with E-state index in [1.165, 1.54) is 0 Å². The highest BCUT2D eigenvalue weighted by atomic mass is 16.4. The maximum Gasteiger partial charge on any atom is 0.170 e. The van der Waals surface area contributed by atoms with Gasteiger partial charge in [0, 0.05) is 43.1 Å². The number of hydrogen-bond donors (Lipinski definition) is 2. The van der Waals surface area contributed by atoms with Crippen LogP contribution in [0.2, 0.25) is 0 Å². The number of amidine groups is 1. The molecule has 0 fully saturated rings. The van der Waals surface area contributed by atoms with Crippen molar-refractivity contribution in [2.24, 2.45) is 10.9 Å². The number of nitrogens with two attached hydrogens (primary N) is 1. The standard InChI is InChI=1S/C14H19N5O/c1-3-19-10-11(8-16-19)9-18(2)13-6-4-12(5-7-13)14(15)17-20/h4-8,10,20H,3,9H2,1-2H3,(H2,15,17). The second kappa shape index (κ2) is 6.10. The quantitative estimate of drug-likeness (QED) is 0.375. The van der Waals surface area contributed by atoms with Gasteiger partial charge in [0.2, 0.25) is 0 Å². The Morgan fingerprint density at radius 1 is 1.40 bits per heavy atom. The van der Waals surface area contributed by atoms with Gasteiger partial charge in [-0.25, -0.2) is 0 Å². The molecule has 0 amide bonds. The largest absolute Gasteiger partial charge is 0.409 e. The average Bonchev–Trinajstić information content (AvgIpc) is 2.94. The number of nitrogens with zero attached hydrogens (tertiary/aromatic N) is 4. The SMILES string of the molecule is CCn1cc(CN(C)c2ccc(C(N)=NO)cc2)cn1. The summed E-state index contributed by atoms with van der Waals surface area (Å²) in [6.45, 7) is 3.72. The van der Waals surface area contributed by atoms with Gasteiger partial charge < -0.3 is 15.8 Å². The summed E-state index contributed by atoms with van der Waals surface area (Å²) >= 11 is 0. The van der Waals surface area contributed by atoms with Crippen molar-refractivity contribution in [2.75, 3.05) is 11.9 Å². The van der Waals surface area contributed by atoms with Crippen molar-refractivity contribution in [1.82, 2.24) is 9.78 Å². The van der Waals surface area contributed by atoms with Gasteiger partial charge in [0.1, 0.15) is 0 Å². The molecule has 2 rings (SSSR count). The Kier molecular flexibility index (Phi) is 4.24. The zero-order valence-corrected chi connectivity index (χ0v) is 11.7. The summed E-state index contributed by atoms with van der Waals surface area (Å²) in [4.78, 5) is 2.12. The van der Waals surface area contributed by atoms with E-state index in [0.717, 1.165) is 24.3 Å². The first-order valence-electron chi connectivity index (χ1n) is 6.44. The molecular weight excluding hydrogens is 254 g/mol. The minimum Gasteiger partial charge on any atom is -0.409 e. The Hall–Kier alpha value is -2.50. The van der Waals surface area contributed by atoms with E-state index in [9.17, 15) is 0 Å². The van der Waals surface area contributed by atoms with E-state index >= 15 is 0 Å². The minimum absolute atomic E-state index is 0.114. The van der Waals surface area contributed by atoms with Crippen molar-refractivity contribution < 1.29 is 5.21 Å². The number of hydrogen-bond acceptors (Lipinski definition) is 4. The number of aromatic nitrogens is 2. The monoisotopic (exact) mass is 273 g/mol. The van der Waals surface area contributed by atoms with Crippen molar-refractivity contribution in [3.8, 4) is 0 Å². The molecule has 0 bridgehead atoms. The molecule has 0 saturated heterocycles. The molecule has 6 heteroatoms. The molecule has 0 unspecified atom stereocenters. The van der Waals surface area contributed by atoms with E-state index < -0.39 is 0 Å². The molecule has 0 aliphatic heterocycles. The second-order valence-electron chi connectivity index (χ2n) is 4.59. The van der Waals surface area contributed by atoms with Crippen LogP contribution < -0.4 is 10.6 Å². The van der Waals surface area contributed by atoms with E-state index in [1.54, 1.807) is 0 Å². The molecule has 6 nitrogen and oxygen atoms in total. The van der Waals surface area contributed by atoms with Gasteiger partial charge in [-0.1, -0.05) is 5.16 Å². The third kappa shape index (κ3) is 3.09. The van der Waals surface area contributed by atoms with Gasteiger partial charge in [-0.15, -0.1) is 0 Å². The summed E-state index contributed by atoms with van der Waals surface area (Å²) < 4.78 is 1.91. The molecule has 1 aromatic carbocycles.